The van der Waals surface area contributed by atoms with Crippen molar-refractivity contribution in [3.8, 4) is 0 Å². The molecule has 1 atom stereocenters. The molecule has 0 aliphatic rings. The minimum Gasteiger partial charge on any atom is -0.465 e. The second-order valence-corrected chi connectivity index (χ2v) is 8.65. The molecule has 1 amide bonds. The summed E-state index contributed by atoms with van der Waals surface area (Å²) < 4.78 is 19.4. The van der Waals surface area contributed by atoms with E-state index in [0.29, 0.717) is 17.9 Å². The van der Waals surface area contributed by atoms with Crippen LogP contribution in [0.2, 0.25) is 5.02 Å². The average molecular weight is 404 g/mol. The maximum Gasteiger partial charge on any atom is 0.319 e. The number of rotatable bonds is 8. The molecule has 0 heterocycles. The Labute approximate surface area is 164 Å². The molecule has 0 spiro atoms. The van der Waals surface area contributed by atoms with Crippen molar-refractivity contribution in [3.05, 3.63) is 23.0 Å². The largest absolute Gasteiger partial charge is 0.465 e. The van der Waals surface area contributed by atoms with Gasteiger partial charge in [-0.1, -0.05) is 52.6 Å². The monoisotopic (exact) mass is 403 g/mol. The third-order valence-electron chi connectivity index (χ3n) is 3.60. The zero-order valence-electron chi connectivity index (χ0n) is 15.9. The molecular weight excluding hydrogens is 377 g/mol. The Bertz CT molecular complexity index is 646. The van der Waals surface area contributed by atoms with Gasteiger partial charge in [0.2, 0.25) is 5.91 Å². The first-order valence-electron chi connectivity index (χ1n) is 8.73. The standard InChI is InChI=1S/C19H27ClFNO3S/c1-6-8-9-25-17(23)15(7-2)26-16-11-14(13(21)10-12(16)20)22-18(24)19(3,4)5/h10-11,15H,6-9H2,1-5H3,(H,22,24). The zero-order chi connectivity index (χ0) is 19.9. The normalized spacial score (nSPS) is 12.6. The van der Waals surface area contributed by atoms with Crippen molar-refractivity contribution in [1.82, 2.24) is 0 Å². The smallest absolute Gasteiger partial charge is 0.319 e. The second-order valence-electron chi connectivity index (χ2n) is 7.00. The Balaban J connectivity index is 2.96. The highest BCUT2D eigenvalue weighted by atomic mass is 35.5. The fourth-order valence-corrected chi connectivity index (χ4v) is 3.17. The van der Waals surface area contributed by atoms with E-state index >= 15 is 0 Å². The minimum atomic E-state index is -0.658. The summed E-state index contributed by atoms with van der Waals surface area (Å²) in [4.78, 5) is 24.8. The summed E-state index contributed by atoms with van der Waals surface area (Å²) in [6.45, 7) is 9.50. The van der Waals surface area contributed by atoms with Crippen LogP contribution in [0, 0.1) is 11.2 Å². The third-order valence-corrected chi connectivity index (χ3v) is 5.42. The number of anilines is 1. The van der Waals surface area contributed by atoms with Crippen LogP contribution in [0.15, 0.2) is 17.0 Å². The van der Waals surface area contributed by atoms with E-state index in [-0.39, 0.29) is 22.6 Å². The highest BCUT2D eigenvalue weighted by Crippen LogP contribution is 2.36. The second kappa shape index (κ2) is 10.2. The molecule has 4 nitrogen and oxygen atoms in total. The molecule has 0 saturated carbocycles. The number of carbonyl (C=O) groups excluding carboxylic acids is 2. The number of ether oxygens (including phenoxy) is 1. The van der Waals surface area contributed by atoms with Crippen LogP contribution >= 0.6 is 23.4 Å². The number of benzene rings is 1. The maximum absolute atomic E-state index is 14.2. The van der Waals surface area contributed by atoms with Gasteiger partial charge in [0.15, 0.2) is 0 Å². The molecular formula is C19H27ClFNO3S. The summed E-state index contributed by atoms with van der Waals surface area (Å²) in [5.41, 5.74) is -0.611. The SMILES string of the molecule is CCCCOC(=O)C(CC)Sc1cc(NC(=O)C(C)(C)C)c(F)cc1Cl. The molecule has 1 N–H and O–H groups in total. The van der Waals surface area contributed by atoms with Crippen LogP contribution in [0.5, 0.6) is 0 Å². The van der Waals surface area contributed by atoms with Crippen LogP contribution in [-0.2, 0) is 14.3 Å². The summed E-state index contributed by atoms with van der Waals surface area (Å²) in [5.74, 6) is -1.23. The number of thioether (sulfide) groups is 1. The van der Waals surface area contributed by atoms with E-state index in [1.807, 2.05) is 13.8 Å². The predicted octanol–water partition coefficient (Wildman–Crippen LogP) is 5.68. The molecule has 0 bridgehead atoms. The van der Waals surface area contributed by atoms with Gasteiger partial charge in [-0.25, -0.2) is 4.39 Å². The van der Waals surface area contributed by atoms with Crippen molar-refractivity contribution in [1.29, 1.82) is 0 Å². The van der Waals surface area contributed by atoms with E-state index in [9.17, 15) is 14.0 Å². The zero-order valence-corrected chi connectivity index (χ0v) is 17.5. The lowest BCUT2D eigenvalue weighted by Gasteiger charge is -2.19. The number of carbonyl (C=O) groups is 2. The molecule has 146 valence electrons. The van der Waals surface area contributed by atoms with Gasteiger partial charge >= 0.3 is 5.97 Å². The number of hydrogen-bond donors (Lipinski definition) is 1. The lowest BCUT2D eigenvalue weighted by atomic mass is 9.95. The topological polar surface area (TPSA) is 55.4 Å². The van der Waals surface area contributed by atoms with Crippen molar-refractivity contribution in [2.45, 2.75) is 64.0 Å². The molecule has 0 saturated heterocycles. The first kappa shape index (κ1) is 22.8. The molecule has 0 aromatic heterocycles. The van der Waals surface area contributed by atoms with Gasteiger partial charge in [-0.05, 0) is 25.0 Å². The molecule has 1 aromatic carbocycles. The van der Waals surface area contributed by atoms with Crippen molar-refractivity contribution in [2.24, 2.45) is 5.41 Å². The molecule has 0 radical (unpaired) electrons. The average Bonchev–Trinajstić information content (AvgIpc) is 2.55. The lowest BCUT2D eigenvalue weighted by Crippen LogP contribution is -2.28. The number of amides is 1. The fraction of sp³-hybridized carbons (Fsp3) is 0.579. The van der Waals surface area contributed by atoms with Gasteiger partial charge < -0.3 is 10.1 Å². The van der Waals surface area contributed by atoms with Crippen LogP contribution in [-0.4, -0.2) is 23.7 Å². The summed E-state index contributed by atoms with van der Waals surface area (Å²) in [6.07, 6.45) is 2.30. The Morgan fingerprint density at radius 1 is 1.31 bits per heavy atom. The Morgan fingerprint density at radius 2 is 1.96 bits per heavy atom. The fourth-order valence-electron chi connectivity index (χ4n) is 1.89. The number of unbranched alkanes of at least 4 members (excludes halogenated alkanes) is 1. The molecule has 1 aromatic rings. The van der Waals surface area contributed by atoms with Crippen LogP contribution in [0.25, 0.3) is 0 Å². The molecule has 0 aliphatic carbocycles. The van der Waals surface area contributed by atoms with Gasteiger partial charge in [-0.15, -0.1) is 11.8 Å². The van der Waals surface area contributed by atoms with Crippen LogP contribution in [0.1, 0.15) is 53.9 Å². The first-order chi connectivity index (χ1) is 12.1. The highest BCUT2D eigenvalue weighted by molar-refractivity contribution is 8.00. The van der Waals surface area contributed by atoms with E-state index < -0.39 is 16.5 Å². The first-order valence-corrected chi connectivity index (χ1v) is 9.99. The number of hydrogen-bond acceptors (Lipinski definition) is 4. The van der Waals surface area contributed by atoms with Crippen LogP contribution < -0.4 is 5.32 Å². The number of nitrogens with one attached hydrogen (secondary N) is 1. The maximum atomic E-state index is 14.2. The van der Waals surface area contributed by atoms with Gasteiger partial charge in [0.05, 0.1) is 17.3 Å². The van der Waals surface area contributed by atoms with E-state index in [1.54, 1.807) is 20.8 Å². The quantitative estimate of drug-likeness (QED) is 0.344. The molecule has 1 rings (SSSR count). The molecule has 0 aliphatic heterocycles. The van der Waals surface area contributed by atoms with E-state index in [2.05, 4.69) is 5.32 Å². The van der Waals surface area contributed by atoms with Crippen LogP contribution in [0.4, 0.5) is 10.1 Å². The lowest BCUT2D eigenvalue weighted by molar-refractivity contribution is -0.143. The Hall–Kier alpha value is -1.27. The van der Waals surface area contributed by atoms with Crippen molar-refractivity contribution < 1.29 is 18.7 Å². The highest BCUT2D eigenvalue weighted by Gasteiger charge is 2.25. The van der Waals surface area contributed by atoms with Gasteiger partial charge in [0.1, 0.15) is 11.1 Å². The number of esters is 1. The van der Waals surface area contributed by atoms with E-state index in [1.165, 1.54) is 17.8 Å². The van der Waals surface area contributed by atoms with E-state index in [4.69, 9.17) is 16.3 Å². The van der Waals surface area contributed by atoms with Crippen molar-refractivity contribution >= 4 is 40.9 Å². The minimum absolute atomic E-state index is 0.0472. The molecule has 26 heavy (non-hydrogen) atoms. The predicted molar refractivity (Wildman–Crippen MR) is 105 cm³/mol. The van der Waals surface area contributed by atoms with E-state index in [0.717, 1.165) is 18.9 Å². The summed E-state index contributed by atoms with van der Waals surface area (Å²) in [5, 5.41) is 2.33. The van der Waals surface area contributed by atoms with Gasteiger partial charge in [-0.3, -0.25) is 9.59 Å². The molecule has 7 heteroatoms. The molecule has 0 fully saturated rings. The molecule has 1 unspecified atom stereocenters. The van der Waals surface area contributed by atoms with Crippen molar-refractivity contribution in [3.63, 3.8) is 0 Å². The van der Waals surface area contributed by atoms with Crippen molar-refractivity contribution in [2.75, 3.05) is 11.9 Å². The van der Waals surface area contributed by atoms with Gasteiger partial charge in [0.25, 0.3) is 0 Å². The number of halogens is 2. The Kier molecular flexibility index (Phi) is 8.90. The van der Waals surface area contributed by atoms with Gasteiger partial charge in [0, 0.05) is 10.3 Å². The van der Waals surface area contributed by atoms with Crippen LogP contribution in [0.3, 0.4) is 0 Å². The summed E-state index contributed by atoms with van der Waals surface area (Å²) in [7, 11) is 0. The summed E-state index contributed by atoms with van der Waals surface area (Å²) in [6, 6.07) is 2.62. The summed E-state index contributed by atoms with van der Waals surface area (Å²) >= 11 is 7.35. The third kappa shape index (κ3) is 6.80. The Morgan fingerprint density at radius 3 is 2.50 bits per heavy atom. The van der Waals surface area contributed by atoms with Gasteiger partial charge in [-0.2, -0.15) is 0 Å².